The Morgan fingerprint density at radius 2 is 1.53 bits per heavy atom. The van der Waals surface area contributed by atoms with Crippen LogP contribution in [0.1, 0.15) is 43.7 Å². The van der Waals surface area contributed by atoms with Gasteiger partial charge in [0, 0.05) is 12.5 Å². The van der Waals surface area contributed by atoms with Crippen molar-refractivity contribution < 1.29 is 17.6 Å². The number of hydrogen-bond acceptors (Lipinski definition) is 0. The summed E-state index contributed by atoms with van der Waals surface area (Å²) in [5.74, 6) is -8.18. The highest BCUT2D eigenvalue weighted by atomic mass is 19.3. The standard InChI is InChI=1S/C15H19F4/c1-3-4-5-6-7-12-8-10-13(11-9-12)15(18,19)14(2,16)17/h8-11H,1,3-7H2,2H3. The first-order valence-corrected chi connectivity index (χ1v) is 6.43. The van der Waals surface area contributed by atoms with E-state index in [0.717, 1.165) is 49.8 Å². The highest BCUT2D eigenvalue weighted by Gasteiger charge is 2.53. The van der Waals surface area contributed by atoms with Crippen LogP contribution in [0.2, 0.25) is 0 Å². The van der Waals surface area contributed by atoms with E-state index in [1.54, 1.807) is 0 Å². The van der Waals surface area contributed by atoms with E-state index >= 15 is 0 Å². The van der Waals surface area contributed by atoms with E-state index in [-0.39, 0.29) is 6.92 Å². The number of unbranched alkanes of at least 4 members (excludes halogenated alkanes) is 3. The van der Waals surface area contributed by atoms with Crippen LogP contribution in [0.15, 0.2) is 24.3 Å². The van der Waals surface area contributed by atoms with E-state index < -0.39 is 17.4 Å². The number of hydrogen-bond donors (Lipinski definition) is 0. The van der Waals surface area contributed by atoms with Crippen molar-refractivity contribution in [1.29, 1.82) is 0 Å². The van der Waals surface area contributed by atoms with E-state index in [9.17, 15) is 17.6 Å². The Labute approximate surface area is 111 Å². The minimum Gasteiger partial charge on any atom is -0.200 e. The normalized spacial score (nSPS) is 12.7. The lowest BCUT2D eigenvalue weighted by Gasteiger charge is -2.23. The quantitative estimate of drug-likeness (QED) is 0.463. The SMILES string of the molecule is [CH2]CCCCCc1ccc(C(F)(F)C(C)(F)F)cc1. The van der Waals surface area contributed by atoms with Crippen molar-refractivity contribution in [2.24, 2.45) is 0 Å². The van der Waals surface area contributed by atoms with Crippen molar-refractivity contribution in [3.05, 3.63) is 42.3 Å². The Morgan fingerprint density at radius 1 is 0.947 bits per heavy atom. The summed E-state index contributed by atoms with van der Waals surface area (Å²) in [5, 5.41) is 0. The number of alkyl halides is 4. The lowest BCUT2D eigenvalue weighted by Crippen LogP contribution is -2.34. The van der Waals surface area contributed by atoms with E-state index in [4.69, 9.17) is 0 Å². The molecule has 0 saturated carbocycles. The van der Waals surface area contributed by atoms with Gasteiger partial charge in [0.25, 0.3) is 0 Å². The topological polar surface area (TPSA) is 0 Å². The van der Waals surface area contributed by atoms with Gasteiger partial charge in [-0.1, -0.05) is 50.5 Å². The highest BCUT2D eigenvalue weighted by molar-refractivity contribution is 5.27. The monoisotopic (exact) mass is 275 g/mol. The van der Waals surface area contributed by atoms with Gasteiger partial charge in [0.2, 0.25) is 0 Å². The molecule has 0 N–H and O–H groups in total. The van der Waals surface area contributed by atoms with Crippen molar-refractivity contribution in [1.82, 2.24) is 0 Å². The van der Waals surface area contributed by atoms with Crippen LogP contribution in [0.25, 0.3) is 0 Å². The minimum absolute atomic E-state index is 0.236. The molecule has 0 bridgehead atoms. The van der Waals surface area contributed by atoms with E-state index in [2.05, 4.69) is 6.92 Å². The zero-order chi connectivity index (χ0) is 14.5. The second kappa shape index (κ2) is 6.40. The summed E-state index contributed by atoms with van der Waals surface area (Å²) in [6.45, 7) is 3.97. The fraction of sp³-hybridized carbons (Fsp3) is 0.533. The first-order valence-electron chi connectivity index (χ1n) is 6.43. The Balaban J connectivity index is 2.66. The molecule has 0 aliphatic heterocycles. The number of aryl methyl sites for hydroxylation is 1. The summed E-state index contributed by atoms with van der Waals surface area (Å²) in [4.78, 5) is 0. The smallest absolute Gasteiger partial charge is 0.200 e. The molecule has 0 aromatic heterocycles. The third kappa shape index (κ3) is 4.22. The molecule has 1 aromatic carbocycles. The molecule has 0 aliphatic rings. The Morgan fingerprint density at radius 3 is 2.00 bits per heavy atom. The Kier molecular flexibility index (Phi) is 5.39. The first-order chi connectivity index (χ1) is 8.79. The predicted molar refractivity (Wildman–Crippen MR) is 68.5 cm³/mol. The minimum atomic E-state index is -4.13. The molecule has 0 atom stereocenters. The average Bonchev–Trinajstić information content (AvgIpc) is 2.34. The van der Waals surface area contributed by atoms with Crippen molar-refractivity contribution in [3.8, 4) is 0 Å². The van der Waals surface area contributed by atoms with Gasteiger partial charge in [-0.05, 0) is 18.4 Å². The number of benzene rings is 1. The largest absolute Gasteiger partial charge is 0.335 e. The molecule has 107 valence electrons. The molecule has 0 aliphatic carbocycles. The average molecular weight is 275 g/mol. The van der Waals surface area contributed by atoms with Gasteiger partial charge in [0.15, 0.2) is 0 Å². The van der Waals surface area contributed by atoms with Gasteiger partial charge < -0.3 is 0 Å². The van der Waals surface area contributed by atoms with Gasteiger partial charge in [0.1, 0.15) is 0 Å². The van der Waals surface area contributed by atoms with Crippen LogP contribution in [-0.2, 0) is 12.3 Å². The van der Waals surface area contributed by atoms with E-state index in [1.165, 1.54) is 12.1 Å². The van der Waals surface area contributed by atoms with Crippen LogP contribution in [0.5, 0.6) is 0 Å². The Hall–Kier alpha value is -1.06. The van der Waals surface area contributed by atoms with Gasteiger partial charge in [0.05, 0.1) is 0 Å². The van der Waals surface area contributed by atoms with Gasteiger partial charge in [-0.25, -0.2) is 0 Å². The van der Waals surface area contributed by atoms with Crippen molar-refractivity contribution in [2.75, 3.05) is 0 Å². The van der Waals surface area contributed by atoms with Crippen molar-refractivity contribution in [3.63, 3.8) is 0 Å². The maximum atomic E-state index is 13.4. The summed E-state index contributed by atoms with van der Waals surface area (Å²) < 4.78 is 52.4. The molecule has 0 fully saturated rings. The van der Waals surface area contributed by atoms with Gasteiger partial charge in [-0.2, -0.15) is 17.6 Å². The van der Waals surface area contributed by atoms with Crippen molar-refractivity contribution in [2.45, 2.75) is 50.9 Å². The van der Waals surface area contributed by atoms with E-state index in [1.807, 2.05) is 0 Å². The van der Waals surface area contributed by atoms with Gasteiger partial charge in [-0.3, -0.25) is 0 Å². The summed E-state index contributed by atoms with van der Waals surface area (Å²) >= 11 is 0. The van der Waals surface area contributed by atoms with Crippen LogP contribution in [-0.4, -0.2) is 5.92 Å². The predicted octanol–water partition coefficient (Wildman–Crippen LogP) is 5.37. The fourth-order valence-corrected chi connectivity index (χ4v) is 1.82. The molecule has 0 amide bonds. The molecular weight excluding hydrogens is 256 g/mol. The van der Waals surface area contributed by atoms with Crippen LogP contribution < -0.4 is 0 Å². The molecule has 1 radical (unpaired) electrons. The zero-order valence-corrected chi connectivity index (χ0v) is 11.1. The molecule has 1 aromatic rings. The maximum Gasteiger partial charge on any atom is 0.335 e. The van der Waals surface area contributed by atoms with Crippen LogP contribution in [0.3, 0.4) is 0 Å². The molecule has 0 saturated heterocycles. The summed E-state index contributed by atoms with van der Waals surface area (Å²) in [6, 6.07) is 5.18. The third-order valence-corrected chi connectivity index (χ3v) is 3.08. The highest BCUT2D eigenvalue weighted by Crippen LogP contribution is 2.42. The summed E-state index contributed by atoms with van der Waals surface area (Å²) in [7, 11) is 0. The maximum absolute atomic E-state index is 13.4. The van der Waals surface area contributed by atoms with Crippen LogP contribution in [0.4, 0.5) is 17.6 Å². The molecule has 0 unspecified atom stereocenters. The van der Waals surface area contributed by atoms with Gasteiger partial charge >= 0.3 is 11.8 Å². The molecule has 0 nitrogen and oxygen atoms in total. The molecule has 0 heterocycles. The fourth-order valence-electron chi connectivity index (χ4n) is 1.82. The molecular formula is C15H19F4. The van der Waals surface area contributed by atoms with Gasteiger partial charge in [-0.15, -0.1) is 0 Å². The summed E-state index contributed by atoms with van der Waals surface area (Å²) in [5.41, 5.74) is 0.254. The second-order valence-electron chi connectivity index (χ2n) is 4.82. The molecule has 0 spiro atoms. The van der Waals surface area contributed by atoms with Crippen LogP contribution in [0, 0.1) is 6.92 Å². The zero-order valence-electron chi connectivity index (χ0n) is 11.1. The first kappa shape index (κ1) is 16.0. The molecule has 19 heavy (non-hydrogen) atoms. The number of halogens is 4. The Bertz CT molecular complexity index is 376. The van der Waals surface area contributed by atoms with E-state index in [0.29, 0.717) is 0 Å². The van der Waals surface area contributed by atoms with Crippen LogP contribution >= 0.6 is 0 Å². The lowest BCUT2D eigenvalue weighted by atomic mass is 9.99. The molecule has 4 heteroatoms. The second-order valence-corrected chi connectivity index (χ2v) is 4.82. The lowest BCUT2D eigenvalue weighted by molar-refractivity contribution is -0.204. The number of rotatable bonds is 7. The van der Waals surface area contributed by atoms with Crippen molar-refractivity contribution >= 4 is 0 Å². The molecule has 1 rings (SSSR count). The third-order valence-electron chi connectivity index (χ3n) is 3.08. The summed E-state index contributed by atoms with van der Waals surface area (Å²) in [6.07, 6.45) is 4.69.